The molecule has 0 saturated carbocycles. The van der Waals surface area contributed by atoms with Crippen molar-refractivity contribution in [2.45, 2.75) is 180 Å². The molecule has 0 aromatic heterocycles. The van der Waals surface area contributed by atoms with Gasteiger partial charge in [-0.1, -0.05) is 157 Å². The molecule has 2 N–H and O–H groups in total. The van der Waals surface area contributed by atoms with Crippen LogP contribution in [0, 0.1) is 0 Å². The number of rotatable bonds is 37. The van der Waals surface area contributed by atoms with Crippen molar-refractivity contribution in [3.63, 3.8) is 0 Å². The number of phosphoric acid groups is 1. The minimum absolute atomic E-state index is 0.180. The maximum atomic E-state index is 12.4. The molecule has 0 fully saturated rings. The summed E-state index contributed by atoms with van der Waals surface area (Å²) in [5.41, 5.74) is 0. The third kappa shape index (κ3) is 42.1. The van der Waals surface area contributed by atoms with E-state index in [1.54, 1.807) is 0 Å². The molecule has 0 aliphatic carbocycles. The van der Waals surface area contributed by atoms with Crippen molar-refractivity contribution in [1.29, 1.82) is 0 Å². The van der Waals surface area contributed by atoms with Crippen LogP contribution in [0.25, 0.3) is 0 Å². The zero-order chi connectivity index (χ0) is 38.9. The van der Waals surface area contributed by atoms with E-state index in [9.17, 15) is 14.2 Å². The molecule has 0 aromatic carbocycles. The molecule has 0 amide bonds. The lowest BCUT2D eigenvalue weighted by atomic mass is 10.1. The van der Waals surface area contributed by atoms with Gasteiger partial charge in [-0.3, -0.25) is 14.1 Å². The minimum Gasteiger partial charge on any atom is -0.462 e. The maximum Gasteiger partial charge on any atom is 0.469 e. The fourth-order valence-corrected chi connectivity index (χ4v) is 5.68. The van der Waals surface area contributed by atoms with E-state index in [4.69, 9.17) is 19.3 Å². The smallest absolute Gasteiger partial charge is 0.462 e. The van der Waals surface area contributed by atoms with Gasteiger partial charge in [-0.15, -0.1) is 0 Å². The topological polar surface area (TPSA) is 119 Å². The third-order valence-electron chi connectivity index (χ3n) is 8.45. The van der Waals surface area contributed by atoms with Gasteiger partial charge >= 0.3 is 19.8 Å². The number of unbranched alkanes of at least 4 members (excludes halogenated alkanes) is 15. The first kappa shape index (κ1) is 50.5. The Kier molecular flexibility index (Phi) is 37.3. The van der Waals surface area contributed by atoms with Gasteiger partial charge in [0.25, 0.3) is 0 Å². The minimum atomic E-state index is -4.77. The quantitative estimate of drug-likeness (QED) is 0.0278. The molecule has 9 heteroatoms. The summed E-state index contributed by atoms with van der Waals surface area (Å²) < 4.78 is 26.3. The van der Waals surface area contributed by atoms with Crippen LogP contribution in [0.3, 0.4) is 0 Å². The van der Waals surface area contributed by atoms with Crippen LogP contribution < -0.4 is 0 Å². The summed E-state index contributed by atoms with van der Waals surface area (Å²) in [6.07, 6.45) is 50.6. The Morgan fingerprint density at radius 1 is 0.491 bits per heavy atom. The first-order valence-electron chi connectivity index (χ1n) is 20.7. The van der Waals surface area contributed by atoms with E-state index in [0.29, 0.717) is 12.8 Å². The number of ether oxygens (including phenoxy) is 2. The van der Waals surface area contributed by atoms with Gasteiger partial charge in [-0.05, 0) is 77.0 Å². The van der Waals surface area contributed by atoms with Gasteiger partial charge < -0.3 is 19.3 Å². The van der Waals surface area contributed by atoms with Crippen molar-refractivity contribution in [2.24, 2.45) is 0 Å². The number of hydrogen-bond acceptors (Lipinski definition) is 6. The Bertz CT molecular complexity index is 1080. The normalized spacial score (nSPS) is 13.2. The number of hydrogen-bond donors (Lipinski definition) is 2. The summed E-state index contributed by atoms with van der Waals surface area (Å²) in [5, 5.41) is 0. The Morgan fingerprint density at radius 2 is 0.887 bits per heavy atom. The van der Waals surface area contributed by atoms with Gasteiger partial charge in [-0.25, -0.2) is 4.57 Å². The molecule has 8 nitrogen and oxygen atoms in total. The molecule has 1 atom stereocenters. The summed E-state index contributed by atoms with van der Waals surface area (Å²) >= 11 is 0. The number of carbonyl (C=O) groups excluding carboxylic acids is 2. The van der Waals surface area contributed by atoms with Crippen molar-refractivity contribution < 1.29 is 37.9 Å². The van der Waals surface area contributed by atoms with Gasteiger partial charge in [0.2, 0.25) is 0 Å². The molecule has 0 aliphatic rings. The Hall–Kier alpha value is -2.51. The third-order valence-corrected chi connectivity index (χ3v) is 8.93. The summed E-state index contributed by atoms with van der Waals surface area (Å²) in [6, 6.07) is 0. The van der Waals surface area contributed by atoms with Crippen molar-refractivity contribution in [3.05, 3.63) is 72.9 Å². The zero-order valence-electron chi connectivity index (χ0n) is 33.4. The van der Waals surface area contributed by atoms with E-state index in [-0.39, 0.29) is 19.4 Å². The molecule has 304 valence electrons. The van der Waals surface area contributed by atoms with E-state index in [1.807, 2.05) is 6.08 Å². The van der Waals surface area contributed by atoms with Crippen molar-refractivity contribution in [1.82, 2.24) is 0 Å². The highest BCUT2D eigenvalue weighted by Crippen LogP contribution is 2.36. The number of phosphoric ester groups is 1. The molecule has 0 aromatic rings. The predicted molar refractivity (Wildman–Crippen MR) is 220 cm³/mol. The van der Waals surface area contributed by atoms with Crippen LogP contribution in [-0.2, 0) is 28.2 Å². The molecule has 0 unspecified atom stereocenters. The molecular formula is C44H75O8P. The molecule has 0 radical (unpaired) electrons. The van der Waals surface area contributed by atoms with E-state index in [0.717, 1.165) is 70.6 Å². The van der Waals surface area contributed by atoms with Crippen LogP contribution in [0.15, 0.2) is 72.9 Å². The van der Waals surface area contributed by atoms with Crippen LogP contribution in [-0.4, -0.2) is 41.0 Å². The number of allylic oxidation sites excluding steroid dienone is 12. The lowest BCUT2D eigenvalue weighted by molar-refractivity contribution is -0.161. The van der Waals surface area contributed by atoms with Gasteiger partial charge in [-0.2, -0.15) is 0 Å². The Labute approximate surface area is 323 Å². The van der Waals surface area contributed by atoms with Crippen molar-refractivity contribution in [2.75, 3.05) is 13.2 Å². The Morgan fingerprint density at radius 3 is 1.38 bits per heavy atom. The fraction of sp³-hybridized carbons (Fsp3) is 0.682. The second-order valence-corrected chi connectivity index (χ2v) is 14.8. The lowest BCUT2D eigenvalue weighted by Crippen LogP contribution is -2.29. The first-order valence-corrected chi connectivity index (χ1v) is 22.3. The molecule has 53 heavy (non-hydrogen) atoms. The van der Waals surface area contributed by atoms with Crippen LogP contribution in [0.2, 0.25) is 0 Å². The van der Waals surface area contributed by atoms with Gasteiger partial charge in [0.05, 0.1) is 6.61 Å². The van der Waals surface area contributed by atoms with Gasteiger partial charge in [0.15, 0.2) is 6.10 Å². The molecule has 0 rings (SSSR count). The molecule has 0 spiro atoms. The van der Waals surface area contributed by atoms with E-state index in [1.165, 1.54) is 64.2 Å². The summed E-state index contributed by atoms with van der Waals surface area (Å²) in [5.74, 6) is -0.972. The molecule has 0 saturated heterocycles. The second-order valence-electron chi connectivity index (χ2n) is 13.6. The number of carbonyl (C=O) groups is 2. The Balaban J connectivity index is 4.05. The predicted octanol–water partition coefficient (Wildman–Crippen LogP) is 12.7. The largest absolute Gasteiger partial charge is 0.469 e. The van der Waals surface area contributed by atoms with Crippen molar-refractivity contribution >= 4 is 19.8 Å². The van der Waals surface area contributed by atoms with Crippen LogP contribution in [0.4, 0.5) is 0 Å². The molecule has 0 aliphatic heterocycles. The van der Waals surface area contributed by atoms with Crippen LogP contribution in [0.1, 0.15) is 174 Å². The highest BCUT2D eigenvalue weighted by Gasteiger charge is 2.22. The maximum absolute atomic E-state index is 12.4. The second kappa shape index (κ2) is 39.2. The summed E-state index contributed by atoms with van der Waals surface area (Å²) in [7, 11) is -4.77. The fourth-order valence-electron chi connectivity index (χ4n) is 5.32. The standard InChI is InChI=1S/C44H75O8P/c1-3-5-7-9-11-13-15-17-19-20-21-22-23-24-25-27-28-30-32-34-36-38-43(45)50-40-42(41-51-53(47,48)49)52-44(46)39-37-35-33-31-29-26-18-16-14-12-10-8-6-4-2/h10,12,16,18-20,22-23,25,27,30,32,42H,3-9,11,13-15,17,21,24,26,28-29,31,33-41H2,1-2H3,(H2,47,48,49)/b12-10+,18-16+,20-19+,23-22+,27-25+,32-30+/t42-/m1/s1. The van der Waals surface area contributed by atoms with E-state index in [2.05, 4.69) is 85.2 Å². The van der Waals surface area contributed by atoms with E-state index < -0.39 is 32.5 Å². The molecular weight excluding hydrogens is 687 g/mol. The highest BCUT2D eigenvalue weighted by atomic mass is 31.2. The van der Waals surface area contributed by atoms with E-state index >= 15 is 0 Å². The molecule has 0 heterocycles. The monoisotopic (exact) mass is 763 g/mol. The average Bonchev–Trinajstić information content (AvgIpc) is 3.13. The highest BCUT2D eigenvalue weighted by molar-refractivity contribution is 7.46. The van der Waals surface area contributed by atoms with Gasteiger partial charge in [0.1, 0.15) is 6.61 Å². The average molecular weight is 763 g/mol. The van der Waals surface area contributed by atoms with Crippen LogP contribution >= 0.6 is 7.82 Å². The summed E-state index contributed by atoms with van der Waals surface area (Å²) in [4.78, 5) is 42.8. The van der Waals surface area contributed by atoms with Crippen LogP contribution in [0.5, 0.6) is 0 Å². The van der Waals surface area contributed by atoms with Crippen molar-refractivity contribution in [3.8, 4) is 0 Å². The first-order chi connectivity index (χ1) is 25.8. The summed E-state index contributed by atoms with van der Waals surface area (Å²) in [6.45, 7) is 3.57. The molecule has 0 bridgehead atoms. The SMILES string of the molecule is CCCC/C=C/C/C=C/CCCCCCCC(=O)O[C@H](COC(=O)CCC/C=C/C/C=C/C/C=C/C/C=C/CCCCCCCCC)COP(=O)(O)O. The zero-order valence-corrected chi connectivity index (χ0v) is 34.3. The lowest BCUT2D eigenvalue weighted by Gasteiger charge is -2.18. The number of esters is 2. The van der Waals surface area contributed by atoms with Gasteiger partial charge in [0, 0.05) is 12.8 Å².